The second kappa shape index (κ2) is 7.50. The van der Waals surface area contributed by atoms with E-state index in [1.165, 1.54) is 16.3 Å². The number of carboxylic acids is 1. The van der Waals surface area contributed by atoms with Gasteiger partial charge in [-0.15, -0.1) is 11.8 Å². The van der Waals surface area contributed by atoms with E-state index in [0.717, 1.165) is 38.1 Å². The predicted octanol–water partition coefficient (Wildman–Crippen LogP) is 4.99. The molecule has 5 heteroatoms. The van der Waals surface area contributed by atoms with Crippen LogP contribution < -0.4 is 5.56 Å². The fourth-order valence-electron chi connectivity index (χ4n) is 4.20. The third-order valence-corrected chi connectivity index (χ3v) is 6.74. The van der Waals surface area contributed by atoms with Crippen molar-refractivity contribution < 1.29 is 9.90 Å². The Balaban J connectivity index is 1.74. The number of pyridine rings is 1. The molecule has 3 aromatic carbocycles. The van der Waals surface area contributed by atoms with Crippen LogP contribution >= 0.6 is 11.8 Å². The SMILES string of the molecule is O=C(O)[C@@H]1CSc2c(-c3ccccc3)c(Cc3cccc4ccccc34)cc(=O)n21. The molecule has 1 aromatic heterocycles. The van der Waals surface area contributed by atoms with Gasteiger partial charge in [-0.2, -0.15) is 0 Å². The number of hydrogen-bond acceptors (Lipinski definition) is 3. The lowest BCUT2D eigenvalue weighted by Gasteiger charge is -2.17. The zero-order chi connectivity index (χ0) is 20.7. The van der Waals surface area contributed by atoms with Crippen LogP contribution in [0.25, 0.3) is 21.9 Å². The minimum Gasteiger partial charge on any atom is -0.480 e. The molecule has 4 aromatic rings. The number of rotatable bonds is 4. The second-order valence-corrected chi connectivity index (χ2v) is 8.41. The van der Waals surface area contributed by atoms with E-state index in [2.05, 4.69) is 24.3 Å². The van der Waals surface area contributed by atoms with E-state index in [1.807, 2.05) is 48.5 Å². The van der Waals surface area contributed by atoms with E-state index in [0.29, 0.717) is 12.2 Å². The molecule has 0 bridgehead atoms. The topological polar surface area (TPSA) is 59.3 Å². The lowest BCUT2D eigenvalue weighted by Crippen LogP contribution is -2.29. The van der Waals surface area contributed by atoms with Crippen LogP contribution in [0.4, 0.5) is 0 Å². The van der Waals surface area contributed by atoms with E-state index >= 15 is 0 Å². The molecule has 0 spiro atoms. The zero-order valence-corrected chi connectivity index (χ0v) is 16.9. The van der Waals surface area contributed by atoms with Crippen LogP contribution in [-0.2, 0) is 11.2 Å². The van der Waals surface area contributed by atoms with Crippen molar-refractivity contribution in [2.75, 3.05) is 5.75 Å². The second-order valence-electron chi connectivity index (χ2n) is 7.40. The van der Waals surface area contributed by atoms with E-state index in [-0.39, 0.29) is 5.56 Å². The molecule has 148 valence electrons. The van der Waals surface area contributed by atoms with Crippen molar-refractivity contribution in [3.8, 4) is 11.1 Å². The van der Waals surface area contributed by atoms with Crippen LogP contribution in [-0.4, -0.2) is 21.4 Å². The molecule has 0 saturated heterocycles. The minimum absolute atomic E-state index is 0.252. The Kier molecular flexibility index (Phi) is 4.68. The van der Waals surface area contributed by atoms with Gasteiger partial charge in [-0.3, -0.25) is 9.36 Å². The number of carbonyl (C=O) groups is 1. The van der Waals surface area contributed by atoms with Crippen LogP contribution in [0.15, 0.2) is 88.7 Å². The van der Waals surface area contributed by atoms with Gasteiger partial charge in [0.15, 0.2) is 0 Å². The van der Waals surface area contributed by atoms with Gasteiger partial charge in [0.2, 0.25) is 0 Å². The Morgan fingerprint density at radius 1 is 0.967 bits per heavy atom. The van der Waals surface area contributed by atoms with Crippen molar-refractivity contribution in [1.29, 1.82) is 0 Å². The molecule has 4 nitrogen and oxygen atoms in total. The maximum absolute atomic E-state index is 13.0. The molecule has 1 aliphatic rings. The zero-order valence-electron chi connectivity index (χ0n) is 16.1. The fourth-order valence-corrected chi connectivity index (χ4v) is 5.56. The molecule has 1 aliphatic heterocycles. The Labute approximate surface area is 177 Å². The largest absolute Gasteiger partial charge is 0.480 e. The Morgan fingerprint density at radius 3 is 2.50 bits per heavy atom. The summed E-state index contributed by atoms with van der Waals surface area (Å²) in [7, 11) is 0. The first-order valence-corrected chi connectivity index (χ1v) is 10.8. The molecular formula is C25H19NO3S. The first-order chi connectivity index (χ1) is 14.6. The summed E-state index contributed by atoms with van der Waals surface area (Å²) in [6.45, 7) is 0. The maximum atomic E-state index is 13.0. The van der Waals surface area contributed by atoms with Crippen molar-refractivity contribution in [3.05, 3.63) is 100 Å². The van der Waals surface area contributed by atoms with E-state index < -0.39 is 12.0 Å². The molecule has 2 heterocycles. The number of fused-ring (bicyclic) bond motifs is 2. The first-order valence-electron chi connectivity index (χ1n) is 9.79. The number of carboxylic acid groups (broad SMARTS) is 1. The van der Waals surface area contributed by atoms with Gasteiger partial charge in [-0.05, 0) is 33.9 Å². The highest BCUT2D eigenvalue weighted by Gasteiger charge is 2.33. The van der Waals surface area contributed by atoms with Gasteiger partial charge in [-0.1, -0.05) is 72.8 Å². The van der Waals surface area contributed by atoms with Crippen LogP contribution in [0.1, 0.15) is 17.2 Å². The molecule has 0 fully saturated rings. The molecular weight excluding hydrogens is 394 g/mol. The van der Waals surface area contributed by atoms with E-state index in [9.17, 15) is 14.7 Å². The summed E-state index contributed by atoms with van der Waals surface area (Å²) in [5.74, 6) is -0.605. The van der Waals surface area contributed by atoms with Crippen LogP contribution in [0.2, 0.25) is 0 Å². The smallest absolute Gasteiger partial charge is 0.327 e. The van der Waals surface area contributed by atoms with Crippen LogP contribution in [0.3, 0.4) is 0 Å². The number of benzene rings is 3. The quantitative estimate of drug-likeness (QED) is 0.512. The van der Waals surface area contributed by atoms with Crippen molar-refractivity contribution in [2.45, 2.75) is 17.5 Å². The van der Waals surface area contributed by atoms with Crippen LogP contribution in [0.5, 0.6) is 0 Å². The lowest BCUT2D eigenvalue weighted by atomic mass is 9.93. The summed E-state index contributed by atoms with van der Waals surface area (Å²) in [5.41, 5.74) is 3.77. The first kappa shape index (κ1) is 18.7. The van der Waals surface area contributed by atoms with Gasteiger partial charge in [0.1, 0.15) is 6.04 Å². The molecule has 1 N–H and O–H groups in total. The average molecular weight is 413 g/mol. The highest BCUT2D eigenvalue weighted by molar-refractivity contribution is 7.99. The summed E-state index contributed by atoms with van der Waals surface area (Å²) < 4.78 is 1.45. The van der Waals surface area contributed by atoms with Gasteiger partial charge >= 0.3 is 5.97 Å². The monoisotopic (exact) mass is 413 g/mol. The Hall–Kier alpha value is -3.31. The summed E-state index contributed by atoms with van der Waals surface area (Å²) >= 11 is 1.45. The number of thioether (sulfide) groups is 1. The highest BCUT2D eigenvalue weighted by Crippen LogP contribution is 2.41. The van der Waals surface area contributed by atoms with Crippen molar-refractivity contribution in [3.63, 3.8) is 0 Å². The highest BCUT2D eigenvalue weighted by atomic mass is 32.2. The number of aliphatic carboxylic acids is 1. The van der Waals surface area contributed by atoms with Crippen molar-refractivity contribution >= 4 is 28.5 Å². The summed E-state index contributed by atoms with van der Waals surface area (Å²) in [6.07, 6.45) is 0.604. The van der Waals surface area contributed by atoms with Crippen molar-refractivity contribution in [2.24, 2.45) is 0 Å². The van der Waals surface area contributed by atoms with Gasteiger partial charge in [0, 0.05) is 17.4 Å². The van der Waals surface area contributed by atoms with E-state index in [1.54, 1.807) is 6.07 Å². The molecule has 30 heavy (non-hydrogen) atoms. The Morgan fingerprint density at radius 2 is 1.70 bits per heavy atom. The van der Waals surface area contributed by atoms with Crippen molar-refractivity contribution in [1.82, 2.24) is 4.57 Å². The van der Waals surface area contributed by atoms with Gasteiger partial charge in [-0.25, -0.2) is 4.79 Å². The average Bonchev–Trinajstić information content (AvgIpc) is 3.21. The summed E-state index contributed by atoms with van der Waals surface area (Å²) in [4.78, 5) is 24.7. The normalized spacial score (nSPS) is 15.3. The fraction of sp³-hybridized carbons (Fsp3) is 0.120. The summed E-state index contributed by atoms with van der Waals surface area (Å²) in [5, 5.41) is 12.7. The van der Waals surface area contributed by atoms with E-state index in [4.69, 9.17) is 0 Å². The maximum Gasteiger partial charge on any atom is 0.327 e. The molecule has 0 unspecified atom stereocenters. The molecule has 0 radical (unpaired) electrons. The minimum atomic E-state index is -0.968. The van der Waals surface area contributed by atoms with Crippen LogP contribution in [0, 0.1) is 0 Å². The summed E-state index contributed by atoms with van der Waals surface area (Å²) in [6, 6.07) is 25.2. The number of nitrogens with zero attached hydrogens (tertiary/aromatic N) is 1. The molecule has 0 amide bonds. The van der Waals surface area contributed by atoms with Gasteiger partial charge in [0.05, 0.1) is 5.03 Å². The molecule has 5 rings (SSSR count). The number of aromatic nitrogens is 1. The lowest BCUT2D eigenvalue weighted by molar-refractivity contribution is -0.140. The van der Waals surface area contributed by atoms with Gasteiger partial charge in [0.25, 0.3) is 5.56 Å². The predicted molar refractivity (Wildman–Crippen MR) is 120 cm³/mol. The number of hydrogen-bond donors (Lipinski definition) is 1. The third-order valence-electron chi connectivity index (χ3n) is 5.59. The standard InChI is InChI=1S/C25H19NO3S/c27-22-14-19(13-18-11-6-10-16-7-4-5-12-20(16)18)23(17-8-2-1-3-9-17)24-26(22)21(15-30-24)25(28)29/h1-12,14,21H,13,15H2,(H,28,29)/t21-/m0/s1. The third kappa shape index (κ3) is 3.12. The molecule has 0 saturated carbocycles. The van der Waals surface area contributed by atoms with Gasteiger partial charge < -0.3 is 5.11 Å². The Bertz CT molecular complexity index is 1320. The molecule has 1 atom stereocenters. The molecule has 0 aliphatic carbocycles.